The molecule has 3 saturated carbocycles. The highest BCUT2D eigenvalue weighted by molar-refractivity contribution is 5.30. The van der Waals surface area contributed by atoms with Gasteiger partial charge in [0.15, 0.2) is 5.79 Å². The van der Waals surface area contributed by atoms with E-state index in [1.54, 1.807) is 5.57 Å². The molecule has 0 unspecified atom stereocenters. The fourth-order valence-electron chi connectivity index (χ4n) is 9.52. The predicted octanol–water partition coefficient (Wildman–Crippen LogP) is 5.71. The molecule has 0 aromatic carbocycles. The van der Waals surface area contributed by atoms with E-state index in [1.165, 1.54) is 38.5 Å². The van der Waals surface area contributed by atoms with Crippen LogP contribution in [0.2, 0.25) is 0 Å². The Bertz CT molecular complexity index is 736. The zero-order valence-electron chi connectivity index (χ0n) is 19.5. The molecule has 0 radical (unpaired) electrons. The Kier molecular flexibility index (Phi) is 4.44. The smallest absolute Gasteiger partial charge is 0.171 e. The number of ether oxygens (including phenoxy) is 2. The van der Waals surface area contributed by atoms with Crippen LogP contribution in [0.3, 0.4) is 0 Å². The Morgan fingerprint density at radius 3 is 2.63 bits per heavy atom. The summed E-state index contributed by atoms with van der Waals surface area (Å²) in [6.45, 7) is 10.7. The molecule has 4 aliphatic carbocycles. The molecule has 2 saturated heterocycles. The zero-order chi connectivity index (χ0) is 20.9. The number of hydrogen-bond donors (Lipinski definition) is 1. The van der Waals surface area contributed by atoms with Crippen molar-refractivity contribution in [2.24, 2.45) is 46.3 Å². The van der Waals surface area contributed by atoms with Crippen LogP contribution in [-0.4, -0.2) is 29.7 Å². The lowest BCUT2D eigenvalue weighted by Gasteiger charge is -2.57. The van der Waals surface area contributed by atoms with Crippen molar-refractivity contribution in [1.82, 2.24) is 0 Å². The molecular weight excluding hydrogens is 372 g/mol. The Morgan fingerprint density at radius 1 is 1.03 bits per heavy atom. The van der Waals surface area contributed by atoms with Gasteiger partial charge in [-0.25, -0.2) is 0 Å². The average molecular weight is 415 g/mol. The molecule has 3 heteroatoms. The first-order valence-electron chi connectivity index (χ1n) is 13.0. The molecular formula is C27H42O3. The molecule has 0 bridgehead atoms. The lowest BCUT2D eigenvalue weighted by molar-refractivity contribution is -0.272. The second kappa shape index (κ2) is 6.58. The first-order chi connectivity index (χ1) is 14.3. The third-order valence-electron chi connectivity index (χ3n) is 11.3. The largest absolute Gasteiger partial charge is 0.393 e. The molecule has 2 aliphatic heterocycles. The summed E-state index contributed by atoms with van der Waals surface area (Å²) in [6, 6.07) is 0. The third-order valence-corrected chi connectivity index (χ3v) is 11.3. The van der Waals surface area contributed by atoms with E-state index in [0.717, 1.165) is 37.7 Å². The number of fused-ring (bicyclic) bond motifs is 7. The Balaban J connectivity index is 1.30. The molecule has 6 aliphatic rings. The molecule has 6 rings (SSSR count). The molecule has 168 valence electrons. The molecule has 2 heterocycles. The van der Waals surface area contributed by atoms with E-state index < -0.39 is 0 Å². The fraction of sp³-hybridized carbons (Fsp3) is 0.926. The molecule has 0 aromatic heterocycles. The van der Waals surface area contributed by atoms with Gasteiger partial charge in [0.2, 0.25) is 0 Å². The second-order valence-corrected chi connectivity index (χ2v) is 12.7. The minimum atomic E-state index is -0.303. The van der Waals surface area contributed by atoms with E-state index in [-0.39, 0.29) is 11.9 Å². The van der Waals surface area contributed by atoms with Crippen LogP contribution in [-0.2, 0) is 9.47 Å². The second-order valence-electron chi connectivity index (χ2n) is 12.7. The van der Waals surface area contributed by atoms with Crippen molar-refractivity contribution >= 4 is 0 Å². The van der Waals surface area contributed by atoms with Crippen LogP contribution < -0.4 is 0 Å². The molecule has 5 fully saturated rings. The highest BCUT2D eigenvalue weighted by atomic mass is 16.7. The van der Waals surface area contributed by atoms with Crippen molar-refractivity contribution in [2.75, 3.05) is 6.61 Å². The molecule has 11 atom stereocenters. The van der Waals surface area contributed by atoms with Crippen LogP contribution in [0.1, 0.15) is 85.5 Å². The number of hydrogen-bond acceptors (Lipinski definition) is 3. The minimum absolute atomic E-state index is 0.0661. The van der Waals surface area contributed by atoms with Crippen molar-refractivity contribution in [2.45, 2.75) is 103 Å². The van der Waals surface area contributed by atoms with Gasteiger partial charge in [0.25, 0.3) is 0 Å². The van der Waals surface area contributed by atoms with Crippen LogP contribution in [0.5, 0.6) is 0 Å². The molecule has 3 nitrogen and oxygen atoms in total. The summed E-state index contributed by atoms with van der Waals surface area (Å²) in [7, 11) is 0. The highest BCUT2D eigenvalue weighted by Crippen LogP contribution is 2.69. The van der Waals surface area contributed by atoms with E-state index in [2.05, 4.69) is 33.8 Å². The van der Waals surface area contributed by atoms with E-state index >= 15 is 0 Å². The standard InChI is InChI=1S/C27H42O3/c1-16-7-12-27(29-15-16)17(2)24-23(30-27)14-22-20-6-5-18-13-19(28)8-10-25(18,3)21(20)9-11-26(22,24)4/h9,16-20,22-24,28H,5-8,10-15H2,1-4H3/t16-,17+,18+,19-,20-,22+,23+,24+,25+,26+,27-/m1/s1. The summed E-state index contributed by atoms with van der Waals surface area (Å²) in [5.41, 5.74) is 2.46. The quantitative estimate of drug-likeness (QED) is 0.516. The van der Waals surface area contributed by atoms with Crippen molar-refractivity contribution in [3.05, 3.63) is 11.6 Å². The maximum absolute atomic E-state index is 10.3. The van der Waals surface area contributed by atoms with Gasteiger partial charge in [0.05, 0.1) is 18.8 Å². The maximum atomic E-state index is 10.3. The van der Waals surface area contributed by atoms with E-state index in [4.69, 9.17) is 9.47 Å². The molecule has 0 aromatic rings. The number of rotatable bonds is 0. The Labute approximate surface area is 183 Å². The van der Waals surface area contributed by atoms with Crippen molar-refractivity contribution in [3.63, 3.8) is 0 Å². The summed E-state index contributed by atoms with van der Waals surface area (Å²) in [6.07, 6.45) is 13.6. The SMILES string of the molecule is C[C@@H]1CC[C@@]2(OC1)O[C@H]1C[C@H]3[C@@H]4CC[C@H]5C[C@H](O)CC[C@]5(C)C4=CC[C@]3(C)[C@H]1[C@@H]2C. The van der Waals surface area contributed by atoms with E-state index in [1.807, 2.05) is 0 Å². The number of aliphatic hydroxyl groups is 1. The van der Waals surface area contributed by atoms with Gasteiger partial charge in [0.1, 0.15) is 0 Å². The van der Waals surface area contributed by atoms with Gasteiger partial charge in [-0.1, -0.05) is 39.3 Å². The summed E-state index contributed by atoms with van der Waals surface area (Å²) in [5, 5.41) is 10.3. The number of allylic oxidation sites excluding steroid dienone is 2. The summed E-state index contributed by atoms with van der Waals surface area (Å²) < 4.78 is 13.3. The van der Waals surface area contributed by atoms with Crippen LogP contribution in [0.25, 0.3) is 0 Å². The summed E-state index contributed by atoms with van der Waals surface area (Å²) in [4.78, 5) is 0. The normalized spacial score (nSPS) is 59.8. The van der Waals surface area contributed by atoms with Crippen LogP contribution in [0.15, 0.2) is 11.6 Å². The number of aliphatic hydroxyl groups excluding tert-OH is 1. The first-order valence-corrected chi connectivity index (χ1v) is 13.0. The Hall–Kier alpha value is -0.380. The molecule has 1 N–H and O–H groups in total. The average Bonchev–Trinajstić information content (AvgIpc) is 3.16. The third kappa shape index (κ3) is 2.55. The molecule has 0 amide bonds. The molecule has 30 heavy (non-hydrogen) atoms. The lowest BCUT2D eigenvalue weighted by Crippen LogP contribution is -2.50. The van der Waals surface area contributed by atoms with Crippen LogP contribution in [0, 0.1) is 46.3 Å². The fourth-order valence-corrected chi connectivity index (χ4v) is 9.52. The molecule has 1 spiro atoms. The maximum Gasteiger partial charge on any atom is 0.171 e. The van der Waals surface area contributed by atoms with Crippen LogP contribution >= 0.6 is 0 Å². The highest BCUT2D eigenvalue weighted by Gasteiger charge is 2.67. The topological polar surface area (TPSA) is 38.7 Å². The minimum Gasteiger partial charge on any atom is -0.393 e. The van der Waals surface area contributed by atoms with E-state index in [9.17, 15) is 5.11 Å². The van der Waals surface area contributed by atoms with Gasteiger partial charge in [-0.2, -0.15) is 0 Å². The van der Waals surface area contributed by atoms with Gasteiger partial charge in [0, 0.05) is 12.3 Å². The van der Waals surface area contributed by atoms with Crippen molar-refractivity contribution in [1.29, 1.82) is 0 Å². The predicted molar refractivity (Wildman–Crippen MR) is 118 cm³/mol. The van der Waals surface area contributed by atoms with Gasteiger partial charge in [-0.05, 0) is 91.8 Å². The zero-order valence-corrected chi connectivity index (χ0v) is 19.5. The van der Waals surface area contributed by atoms with Crippen LogP contribution in [0.4, 0.5) is 0 Å². The first kappa shape index (κ1) is 20.2. The van der Waals surface area contributed by atoms with Crippen molar-refractivity contribution < 1.29 is 14.6 Å². The van der Waals surface area contributed by atoms with Crippen molar-refractivity contribution in [3.8, 4) is 0 Å². The Morgan fingerprint density at radius 2 is 1.87 bits per heavy atom. The lowest BCUT2D eigenvalue weighted by atomic mass is 9.48. The summed E-state index contributed by atoms with van der Waals surface area (Å²) >= 11 is 0. The van der Waals surface area contributed by atoms with Gasteiger partial charge < -0.3 is 14.6 Å². The van der Waals surface area contributed by atoms with Gasteiger partial charge in [-0.15, -0.1) is 0 Å². The van der Waals surface area contributed by atoms with Gasteiger partial charge >= 0.3 is 0 Å². The van der Waals surface area contributed by atoms with E-state index in [0.29, 0.717) is 40.6 Å². The summed E-state index contributed by atoms with van der Waals surface area (Å²) in [5.74, 6) is 3.68. The monoisotopic (exact) mass is 414 g/mol. The van der Waals surface area contributed by atoms with Gasteiger partial charge in [-0.3, -0.25) is 0 Å².